The molecule has 6 nitrogen and oxygen atoms in total. The number of aromatic nitrogens is 3. The first-order valence-corrected chi connectivity index (χ1v) is 11.0. The molecule has 1 aliphatic heterocycles. The van der Waals surface area contributed by atoms with Crippen LogP contribution >= 0.6 is 22.7 Å². The third-order valence-corrected chi connectivity index (χ3v) is 7.23. The van der Waals surface area contributed by atoms with Crippen molar-refractivity contribution in [3.63, 3.8) is 0 Å². The van der Waals surface area contributed by atoms with Gasteiger partial charge in [-0.25, -0.2) is 4.98 Å². The Morgan fingerprint density at radius 2 is 1.86 bits per heavy atom. The second-order valence-electron chi connectivity index (χ2n) is 6.96. The Morgan fingerprint density at radius 3 is 2.57 bits per heavy atom. The van der Waals surface area contributed by atoms with E-state index < -0.39 is 0 Å². The second kappa shape index (κ2) is 7.63. The minimum absolute atomic E-state index is 0.0485. The van der Waals surface area contributed by atoms with Crippen LogP contribution in [0.3, 0.4) is 0 Å². The van der Waals surface area contributed by atoms with E-state index in [4.69, 9.17) is 0 Å². The summed E-state index contributed by atoms with van der Waals surface area (Å²) in [7, 11) is 0. The van der Waals surface area contributed by atoms with Crippen molar-refractivity contribution in [2.45, 2.75) is 12.6 Å². The molecule has 0 amide bonds. The highest BCUT2D eigenvalue weighted by molar-refractivity contribution is 7.17. The lowest BCUT2D eigenvalue weighted by Gasteiger charge is -2.38. The van der Waals surface area contributed by atoms with E-state index in [1.165, 1.54) is 32.6 Å². The van der Waals surface area contributed by atoms with E-state index in [0.717, 1.165) is 42.6 Å². The Balaban J connectivity index is 1.37. The van der Waals surface area contributed by atoms with Gasteiger partial charge in [0, 0.05) is 37.6 Å². The highest BCUT2D eigenvalue weighted by Gasteiger charge is 2.32. The topological polar surface area (TPSA) is 56.9 Å². The number of piperazine rings is 1. The standard InChI is InChI=1S/C20H21N5OS2/c26-19-18(28-20-21-14-22-25(19)20)17(16-7-4-12-27-16)24-10-8-23(9-11-24)13-15-5-2-1-3-6-15/h1-7,12,14,17,26H,8-11,13H2/t17-/m1/s1. The largest absolute Gasteiger partial charge is 0.492 e. The van der Waals surface area contributed by atoms with Crippen LogP contribution in [0.15, 0.2) is 54.2 Å². The summed E-state index contributed by atoms with van der Waals surface area (Å²) >= 11 is 3.26. The van der Waals surface area contributed by atoms with Gasteiger partial charge in [-0.3, -0.25) is 9.80 Å². The number of nitrogens with zero attached hydrogens (tertiary/aromatic N) is 5. The SMILES string of the molecule is Oc1c([C@@H](c2cccs2)N2CCN(Cc3ccccc3)CC2)sc2ncnn12. The van der Waals surface area contributed by atoms with Crippen LogP contribution in [0.1, 0.15) is 21.4 Å². The molecule has 0 unspecified atom stereocenters. The molecule has 4 heterocycles. The first-order chi connectivity index (χ1) is 13.8. The number of benzene rings is 1. The van der Waals surface area contributed by atoms with Crippen molar-refractivity contribution in [1.29, 1.82) is 0 Å². The fourth-order valence-electron chi connectivity index (χ4n) is 3.82. The molecule has 4 aromatic rings. The molecule has 1 N–H and O–H groups in total. The summed E-state index contributed by atoms with van der Waals surface area (Å²) in [6.07, 6.45) is 1.48. The molecule has 1 atom stereocenters. The van der Waals surface area contributed by atoms with E-state index in [0.29, 0.717) is 0 Å². The minimum atomic E-state index is 0.0485. The van der Waals surface area contributed by atoms with Gasteiger partial charge in [-0.2, -0.15) is 9.61 Å². The molecule has 144 valence electrons. The summed E-state index contributed by atoms with van der Waals surface area (Å²) < 4.78 is 1.53. The van der Waals surface area contributed by atoms with Gasteiger partial charge in [0.1, 0.15) is 6.33 Å². The van der Waals surface area contributed by atoms with Crippen LogP contribution in [-0.4, -0.2) is 55.7 Å². The van der Waals surface area contributed by atoms with Crippen LogP contribution in [0.2, 0.25) is 0 Å². The van der Waals surface area contributed by atoms with Gasteiger partial charge in [0.05, 0.1) is 10.9 Å². The first kappa shape index (κ1) is 17.8. The van der Waals surface area contributed by atoms with E-state index in [2.05, 4.69) is 67.7 Å². The Morgan fingerprint density at radius 1 is 1.04 bits per heavy atom. The van der Waals surface area contributed by atoms with E-state index >= 15 is 0 Å². The number of thiazole rings is 1. The van der Waals surface area contributed by atoms with Gasteiger partial charge in [-0.05, 0) is 17.0 Å². The zero-order valence-electron chi connectivity index (χ0n) is 15.3. The summed E-state index contributed by atoms with van der Waals surface area (Å²) in [5, 5.41) is 17.0. The molecular formula is C20H21N5OS2. The van der Waals surface area contributed by atoms with Crippen LogP contribution in [0.5, 0.6) is 5.88 Å². The second-order valence-corrected chi connectivity index (χ2v) is 8.95. The van der Waals surface area contributed by atoms with Crippen molar-refractivity contribution in [2.75, 3.05) is 26.2 Å². The summed E-state index contributed by atoms with van der Waals surface area (Å²) in [6, 6.07) is 14.9. The smallest absolute Gasteiger partial charge is 0.230 e. The maximum Gasteiger partial charge on any atom is 0.230 e. The Hall–Kier alpha value is -2.26. The number of rotatable bonds is 5. The lowest BCUT2D eigenvalue weighted by atomic mass is 10.1. The third kappa shape index (κ3) is 3.33. The van der Waals surface area contributed by atoms with Crippen molar-refractivity contribution in [3.8, 4) is 5.88 Å². The molecule has 1 saturated heterocycles. The number of hydrogen-bond acceptors (Lipinski definition) is 7. The molecule has 28 heavy (non-hydrogen) atoms. The Labute approximate surface area is 171 Å². The lowest BCUT2D eigenvalue weighted by molar-refractivity contribution is 0.106. The van der Waals surface area contributed by atoms with Gasteiger partial charge in [0.2, 0.25) is 10.8 Å². The van der Waals surface area contributed by atoms with Crippen molar-refractivity contribution >= 4 is 27.6 Å². The Bertz CT molecular complexity index is 1040. The molecule has 5 rings (SSSR count). The zero-order chi connectivity index (χ0) is 18.9. The molecule has 0 saturated carbocycles. The van der Waals surface area contributed by atoms with Crippen LogP contribution < -0.4 is 0 Å². The number of fused-ring (bicyclic) bond motifs is 1. The fourth-order valence-corrected chi connectivity index (χ4v) is 5.84. The number of thiophene rings is 1. The molecule has 0 radical (unpaired) electrons. The molecule has 1 aliphatic rings. The number of hydrogen-bond donors (Lipinski definition) is 1. The van der Waals surface area contributed by atoms with Gasteiger partial charge >= 0.3 is 0 Å². The van der Waals surface area contributed by atoms with Gasteiger partial charge < -0.3 is 5.11 Å². The maximum absolute atomic E-state index is 10.8. The van der Waals surface area contributed by atoms with E-state index in [1.54, 1.807) is 11.3 Å². The zero-order valence-corrected chi connectivity index (χ0v) is 16.9. The average Bonchev–Trinajstić information content (AvgIpc) is 3.46. The first-order valence-electron chi connectivity index (χ1n) is 9.35. The van der Waals surface area contributed by atoms with Gasteiger partial charge in [0.15, 0.2) is 0 Å². The summed E-state index contributed by atoms with van der Waals surface area (Å²) in [6.45, 7) is 4.93. The number of aromatic hydroxyl groups is 1. The van der Waals surface area contributed by atoms with Gasteiger partial charge in [-0.1, -0.05) is 47.7 Å². The quantitative estimate of drug-likeness (QED) is 0.545. The monoisotopic (exact) mass is 411 g/mol. The molecule has 8 heteroatoms. The maximum atomic E-state index is 10.8. The van der Waals surface area contributed by atoms with Crippen LogP contribution in [-0.2, 0) is 6.54 Å². The van der Waals surface area contributed by atoms with Crippen molar-refractivity contribution in [1.82, 2.24) is 24.4 Å². The molecule has 3 aromatic heterocycles. The molecule has 1 fully saturated rings. The fraction of sp³-hybridized carbons (Fsp3) is 0.300. The van der Waals surface area contributed by atoms with Gasteiger partial charge in [0.25, 0.3) is 0 Å². The van der Waals surface area contributed by atoms with Crippen molar-refractivity contribution in [2.24, 2.45) is 0 Å². The predicted octanol–water partition coefficient (Wildman–Crippen LogP) is 3.47. The summed E-state index contributed by atoms with van der Waals surface area (Å²) in [5.41, 5.74) is 1.36. The van der Waals surface area contributed by atoms with E-state index in [-0.39, 0.29) is 11.9 Å². The predicted molar refractivity (Wildman–Crippen MR) is 112 cm³/mol. The average molecular weight is 412 g/mol. The lowest BCUT2D eigenvalue weighted by Crippen LogP contribution is -2.47. The molecule has 0 spiro atoms. The normalized spacial score (nSPS) is 17.3. The van der Waals surface area contributed by atoms with Crippen LogP contribution in [0, 0.1) is 0 Å². The van der Waals surface area contributed by atoms with E-state index in [1.807, 2.05) is 0 Å². The minimum Gasteiger partial charge on any atom is -0.492 e. The van der Waals surface area contributed by atoms with E-state index in [9.17, 15) is 5.11 Å². The summed E-state index contributed by atoms with van der Waals surface area (Å²) in [4.78, 5) is 12.1. The molecule has 1 aromatic carbocycles. The Kier molecular flexibility index (Phi) is 4.86. The highest BCUT2D eigenvalue weighted by atomic mass is 32.1. The van der Waals surface area contributed by atoms with Gasteiger partial charge in [-0.15, -0.1) is 11.3 Å². The molecule has 0 bridgehead atoms. The molecule has 0 aliphatic carbocycles. The van der Waals surface area contributed by atoms with Crippen molar-refractivity contribution in [3.05, 3.63) is 69.5 Å². The highest BCUT2D eigenvalue weighted by Crippen LogP contribution is 2.41. The molecular weight excluding hydrogens is 390 g/mol. The van der Waals surface area contributed by atoms with Crippen LogP contribution in [0.4, 0.5) is 0 Å². The third-order valence-electron chi connectivity index (χ3n) is 5.22. The summed E-state index contributed by atoms with van der Waals surface area (Å²) in [5.74, 6) is 0.211. The van der Waals surface area contributed by atoms with Crippen molar-refractivity contribution < 1.29 is 5.11 Å². The van der Waals surface area contributed by atoms with Crippen LogP contribution in [0.25, 0.3) is 4.96 Å².